The first kappa shape index (κ1) is 5.72. The molecule has 1 aliphatic heterocycles. The Morgan fingerprint density at radius 3 is 2.22 bits per heavy atom. The molecule has 1 saturated heterocycles. The lowest BCUT2D eigenvalue weighted by molar-refractivity contribution is 0.0193. The van der Waals surface area contributed by atoms with Crippen molar-refractivity contribution in [2.45, 2.75) is 19.8 Å². The van der Waals surface area contributed by atoms with Gasteiger partial charge < -0.3 is 4.90 Å². The fourth-order valence-electron chi connectivity index (χ4n) is 2.23. The van der Waals surface area contributed by atoms with Crippen molar-refractivity contribution in [1.29, 1.82) is 0 Å². The molecule has 1 heteroatoms. The summed E-state index contributed by atoms with van der Waals surface area (Å²) in [7, 11) is 2.21. The van der Waals surface area contributed by atoms with Crippen molar-refractivity contribution < 1.29 is 0 Å². The van der Waals surface area contributed by atoms with Gasteiger partial charge in [-0.3, -0.25) is 0 Å². The van der Waals surface area contributed by atoms with Gasteiger partial charge in [0.05, 0.1) is 0 Å². The highest BCUT2D eigenvalue weighted by molar-refractivity contribution is 5.00. The van der Waals surface area contributed by atoms with E-state index in [0.29, 0.717) is 0 Å². The Morgan fingerprint density at radius 2 is 1.89 bits per heavy atom. The molecule has 0 bridgehead atoms. The van der Waals surface area contributed by atoms with Crippen LogP contribution in [0.5, 0.6) is 0 Å². The smallest absolute Gasteiger partial charge is 0.00474 e. The largest absolute Gasteiger partial charge is 0.305 e. The maximum Gasteiger partial charge on any atom is 0.00474 e. The summed E-state index contributed by atoms with van der Waals surface area (Å²) in [5, 5.41) is 0. The van der Waals surface area contributed by atoms with Gasteiger partial charge in [0.15, 0.2) is 0 Å². The zero-order chi connectivity index (χ0) is 6.48. The van der Waals surface area contributed by atoms with Gasteiger partial charge in [0, 0.05) is 13.1 Å². The first-order valence-corrected chi connectivity index (χ1v) is 3.89. The van der Waals surface area contributed by atoms with Crippen LogP contribution in [0.2, 0.25) is 0 Å². The van der Waals surface area contributed by atoms with E-state index in [4.69, 9.17) is 0 Å². The van der Waals surface area contributed by atoms with Gasteiger partial charge in [-0.1, -0.05) is 6.92 Å². The molecule has 1 nitrogen and oxygen atoms in total. The molecular weight excluding hydrogens is 110 g/mol. The summed E-state index contributed by atoms with van der Waals surface area (Å²) in [5.74, 6) is 1.09. The Balaban J connectivity index is 1.94. The molecule has 0 atom stereocenters. The van der Waals surface area contributed by atoms with Crippen molar-refractivity contribution in [3.63, 3.8) is 0 Å². The SMILES string of the molecule is CN1CC(C)(C2CC2)C1. The molecule has 2 aliphatic rings. The number of rotatable bonds is 1. The molecule has 52 valence electrons. The van der Waals surface area contributed by atoms with Crippen LogP contribution in [-0.4, -0.2) is 25.0 Å². The van der Waals surface area contributed by atoms with E-state index in [1.54, 1.807) is 0 Å². The molecule has 0 unspecified atom stereocenters. The predicted molar refractivity (Wildman–Crippen MR) is 38.3 cm³/mol. The van der Waals surface area contributed by atoms with Crippen LogP contribution in [0.25, 0.3) is 0 Å². The summed E-state index contributed by atoms with van der Waals surface area (Å²) in [6.45, 7) is 5.12. The minimum Gasteiger partial charge on any atom is -0.305 e. The summed E-state index contributed by atoms with van der Waals surface area (Å²) in [4.78, 5) is 2.42. The molecule has 0 aromatic carbocycles. The van der Waals surface area contributed by atoms with Gasteiger partial charge >= 0.3 is 0 Å². The molecule has 1 aliphatic carbocycles. The highest BCUT2D eigenvalue weighted by Gasteiger charge is 2.47. The zero-order valence-corrected chi connectivity index (χ0v) is 6.35. The van der Waals surface area contributed by atoms with E-state index < -0.39 is 0 Å². The van der Waals surface area contributed by atoms with Gasteiger partial charge in [-0.2, -0.15) is 0 Å². The van der Waals surface area contributed by atoms with E-state index in [0.717, 1.165) is 11.3 Å². The molecule has 0 aromatic heterocycles. The van der Waals surface area contributed by atoms with Crippen LogP contribution in [0, 0.1) is 11.3 Å². The molecule has 0 spiro atoms. The molecule has 2 rings (SSSR count). The van der Waals surface area contributed by atoms with Gasteiger partial charge in [-0.25, -0.2) is 0 Å². The zero-order valence-electron chi connectivity index (χ0n) is 6.35. The monoisotopic (exact) mass is 125 g/mol. The maximum atomic E-state index is 2.44. The predicted octanol–water partition coefficient (Wildman–Crippen LogP) is 1.35. The second kappa shape index (κ2) is 1.51. The Bertz CT molecular complexity index is 121. The lowest BCUT2D eigenvalue weighted by Gasteiger charge is -2.46. The lowest BCUT2D eigenvalue weighted by Crippen LogP contribution is -2.53. The minimum absolute atomic E-state index is 0.731. The van der Waals surface area contributed by atoms with Crippen LogP contribution in [0.4, 0.5) is 0 Å². The summed E-state index contributed by atoms with van der Waals surface area (Å²) >= 11 is 0. The van der Waals surface area contributed by atoms with Gasteiger partial charge in [0.2, 0.25) is 0 Å². The van der Waals surface area contributed by atoms with Crippen molar-refractivity contribution in [2.24, 2.45) is 11.3 Å². The van der Waals surface area contributed by atoms with E-state index in [1.165, 1.54) is 25.9 Å². The summed E-state index contributed by atoms with van der Waals surface area (Å²) in [6.07, 6.45) is 3.01. The van der Waals surface area contributed by atoms with Crippen LogP contribution in [0.1, 0.15) is 19.8 Å². The second-order valence-electron chi connectivity index (χ2n) is 4.10. The van der Waals surface area contributed by atoms with Crippen LogP contribution < -0.4 is 0 Å². The molecular formula is C8H15N. The van der Waals surface area contributed by atoms with Crippen molar-refractivity contribution in [3.8, 4) is 0 Å². The van der Waals surface area contributed by atoms with Crippen molar-refractivity contribution in [2.75, 3.05) is 20.1 Å². The van der Waals surface area contributed by atoms with Gasteiger partial charge in [0.1, 0.15) is 0 Å². The number of nitrogens with zero attached hydrogens (tertiary/aromatic N) is 1. The molecule has 0 amide bonds. The Morgan fingerprint density at radius 1 is 1.33 bits per heavy atom. The Labute approximate surface area is 57.0 Å². The number of hydrogen-bond acceptors (Lipinski definition) is 1. The highest BCUT2D eigenvalue weighted by Crippen LogP contribution is 2.49. The molecule has 0 aromatic rings. The fraction of sp³-hybridized carbons (Fsp3) is 1.00. The first-order valence-electron chi connectivity index (χ1n) is 3.89. The van der Waals surface area contributed by atoms with Crippen molar-refractivity contribution >= 4 is 0 Å². The Hall–Kier alpha value is -0.0400. The van der Waals surface area contributed by atoms with E-state index in [-0.39, 0.29) is 0 Å². The second-order valence-corrected chi connectivity index (χ2v) is 4.10. The third kappa shape index (κ3) is 0.787. The van der Waals surface area contributed by atoms with E-state index >= 15 is 0 Å². The number of hydrogen-bond donors (Lipinski definition) is 0. The lowest BCUT2D eigenvalue weighted by atomic mass is 9.78. The molecule has 9 heavy (non-hydrogen) atoms. The molecule has 1 saturated carbocycles. The van der Waals surface area contributed by atoms with Crippen LogP contribution in [-0.2, 0) is 0 Å². The van der Waals surface area contributed by atoms with Gasteiger partial charge in [-0.15, -0.1) is 0 Å². The first-order chi connectivity index (χ1) is 4.21. The molecule has 0 radical (unpaired) electrons. The van der Waals surface area contributed by atoms with Crippen molar-refractivity contribution in [3.05, 3.63) is 0 Å². The molecule has 0 N–H and O–H groups in total. The average Bonchev–Trinajstić information content (AvgIpc) is 2.39. The summed E-state index contributed by atoms with van der Waals surface area (Å²) in [6, 6.07) is 0. The normalized spacial score (nSPS) is 34.0. The Kier molecular flexibility index (Phi) is 0.963. The van der Waals surface area contributed by atoms with Crippen molar-refractivity contribution in [1.82, 2.24) is 4.90 Å². The highest BCUT2D eigenvalue weighted by atomic mass is 15.2. The average molecular weight is 125 g/mol. The van der Waals surface area contributed by atoms with E-state index in [9.17, 15) is 0 Å². The minimum atomic E-state index is 0.731. The quantitative estimate of drug-likeness (QED) is 0.511. The van der Waals surface area contributed by atoms with E-state index in [1.807, 2.05) is 0 Å². The van der Waals surface area contributed by atoms with Gasteiger partial charge in [-0.05, 0) is 31.2 Å². The summed E-state index contributed by atoms with van der Waals surface area (Å²) < 4.78 is 0. The maximum absolute atomic E-state index is 2.44. The summed E-state index contributed by atoms with van der Waals surface area (Å²) in [5.41, 5.74) is 0.731. The third-order valence-electron chi connectivity index (χ3n) is 2.83. The topological polar surface area (TPSA) is 3.24 Å². The van der Waals surface area contributed by atoms with Gasteiger partial charge in [0.25, 0.3) is 0 Å². The fourth-order valence-corrected chi connectivity index (χ4v) is 2.23. The molecule has 1 heterocycles. The van der Waals surface area contributed by atoms with Crippen LogP contribution in [0.3, 0.4) is 0 Å². The van der Waals surface area contributed by atoms with Crippen LogP contribution >= 0.6 is 0 Å². The number of likely N-dealkylation sites (tertiary alicyclic amines) is 1. The van der Waals surface area contributed by atoms with Crippen LogP contribution in [0.15, 0.2) is 0 Å². The standard InChI is InChI=1S/C8H15N/c1-8(7-3-4-7)5-9(2)6-8/h7H,3-6H2,1-2H3. The van der Waals surface area contributed by atoms with E-state index in [2.05, 4.69) is 18.9 Å². The molecule has 2 fully saturated rings. The third-order valence-corrected chi connectivity index (χ3v) is 2.83.